The van der Waals surface area contributed by atoms with Gasteiger partial charge in [0.2, 0.25) is 0 Å². The fourth-order valence-electron chi connectivity index (χ4n) is 2.32. The topological polar surface area (TPSA) is 32.7 Å². The first-order valence-electron chi connectivity index (χ1n) is 6.19. The van der Waals surface area contributed by atoms with Gasteiger partial charge in [-0.15, -0.1) is 0 Å². The second-order valence-electron chi connectivity index (χ2n) is 4.47. The largest absolute Gasteiger partial charge is 0.395 e. The molecule has 15 heavy (non-hydrogen) atoms. The average Bonchev–Trinajstić information content (AvgIpc) is 2.71. The van der Waals surface area contributed by atoms with Crippen molar-refractivity contribution in [2.75, 3.05) is 26.8 Å². The van der Waals surface area contributed by atoms with Crippen LogP contribution in [0.25, 0.3) is 0 Å². The zero-order valence-electron chi connectivity index (χ0n) is 10.1. The van der Waals surface area contributed by atoms with Gasteiger partial charge in [0.15, 0.2) is 0 Å². The molecule has 1 aliphatic heterocycles. The Morgan fingerprint density at radius 3 is 2.93 bits per heavy atom. The van der Waals surface area contributed by atoms with Crippen LogP contribution in [0.4, 0.5) is 0 Å². The van der Waals surface area contributed by atoms with Crippen LogP contribution >= 0.6 is 0 Å². The molecule has 1 N–H and O–H groups in total. The van der Waals surface area contributed by atoms with Crippen LogP contribution in [-0.4, -0.2) is 49.0 Å². The Bertz CT molecular complexity index is 164. The quantitative estimate of drug-likeness (QED) is 0.701. The highest BCUT2D eigenvalue weighted by atomic mass is 16.5. The molecule has 0 aromatic carbocycles. The maximum Gasteiger partial charge on any atom is 0.0698 e. The van der Waals surface area contributed by atoms with E-state index >= 15 is 0 Å². The summed E-state index contributed by atoms with van der Waals surface area (Å²) in [7, 11) is 1.80. The highest BCUT2D eigenvalue weighted by Gasteiger charge is 2.25. The Morgan fingerprint density at radius 1 is 1.53 bits per heavy atom. The molecule has 1 saturated heterocycles. The van der Waals surface area contributed by atoms with E-state index in [0.29, 0.717) is 18.8 Å². The number of likely N-dealkylation sites (tertiary alicyclic amines) is 1. The maximum absolute atomic E-state index is 9.22. The molecule has 1 aliphatic rings. The lowest BCUT2D eigenvalue weighted by molar-refractivity contribution is 0.0432. The number of hydrogen-bond acceptors (Lipinski definition) is 3. The van der Waals surface area contributed by atoms with Gasteiger partial charge < -0.3 is 9.84 Å². The highest BCUT2D eigenvalue weighted by molar-refractivity contribution is 4.80. The summed E-state index contributed by atoms with van der Waals surface area (Å²) in [4.78, 5) is 2.38. The molecular formula is C12H25NO2. The fourth-order valence-corrected chi connectivity index (χ4v) is 2.32. The molecule has 1 fully saturated rings. The number of methoxy groups -OCH3 is 1. The van der Waals surface area contributed by atoms with Gasteiger partial charge in [-0.3, -0.25) is 4.90 Å². The van der Waals surface area contributed by atoms with Crippen molar-refractivity contribution in [1.82, 2.24) is 4.90 Å². The van der Waals surface area contributed by atoms with Crippen LogP contribution in [0.2, 0.25) is 0 Å². The summed E-state index contributed by atoms with van der Waals surface area (Å²) >= 11 is 0. The first-order valence-corrected chi connectivity index (χ1v) is 6.19. The average molecular weight is 215 g/mol. The Hall–Kier alpha value is -0.120. The third kappa shape index (κ3) is 4.09. The van der Waals surface area contributed by atoms with Crippen molar-refractivity contribution in [3.05, 3.63) is 0 Å². The lowest BCUT2D eigenvalue weighted by Gasteiger charge is -2.27. The van der Waals surface area contributed by atoms with Crippen LogP contribution in [-0.2, 0) is 4.74 Å². The molecule has 0 radical (unpaired) electrons. The van der Waals surface area contributed by atoms with E-state index in [2.05, 4.69) is 11.8 Å². The Morgan fingerprint density at radius 2 is 2.33 bits per heavy atom. The molecule has 0 bridgehead atoms. The Balaban J connectivity index is 2.29. The highest BCUT2D eigenvalue weighted by Crippen LogP contribution is 2.18. The van der Waals surface area contributed by atoms with Crippen LogP contribution in [0.1, 0.15) is 39.0 Å². The van der Waals surface area contributed by atoms with Gasteiger partial charge in [-0.05, 0) is 25.8 Å². The summed E-state index contributed by atoms with van der Waals surface area (Å²) in [5, 5.41) is 9.22. The molecule has 0 aromatic heterocycles. The first kappa shape index (κ1) is 12.9. The summed E-state index contributed by atoms with van der Waals surface area (Å²) in [5.74, 6) is 0. The second-order valence-corrected chi connectivity index (χ2v) is 4.47. The third-order valence-electron chi connectivity index (χ3n) is 3.36. The molecule has 0 spiro atoms. The minimum atomic E-state index is 0.296. The van der Waals surface area contributed by atoms with E-state index in [1.165, 1.54) is 19.3 Å². The zero-order valence-corrected chi connectivity index (χ0v) is 10.1. The normalized spacial score (nSPS) is 24.6. The van der Waals surface area contributed by atoms with Crippen LogP contribution in [0.15, 0.2) is 0 Å². The number of unbranched alkanes of at least 4 members (excludes halogenated alkanes) is 1. The molecule has 1 heterocycles. The summed E-state index contributed by atoms with van der Waals surface area (Å²) in [6.07, 6.45) is 6.30. The van der Waals surface area contributed by atoms with Gasteiger partial charge in [0.25, 0.3) is 0 Å². The predicted octanol–water partition coefficient (Wildman–Crippen LogP) is 1.65. The van der Waals surface area contributed by atoms with Gasteiger partial charge in [0.05, 0.1) is 12.7 Å². The fraction of sp³-hybridized carbons (Fsp3) is 1.00. The Kier molecular flexibility index (Phi) is 6.22. The van der Waals surface area contributed by atoms with Crippen molar-refractivity contribution in [3.8, 4) is 0 Å². The van der Waals surface area contributed by atoms with Crippen LogP contribution < -0.4 is 0 Å². The van der Waals surface area contributed by atoms with Crippen molar-refractivity contribution < 1.29 is 9.84 Å². The summed E-state index contributed by atoms with van der Waals surface area (Å²) in [6.45, 7) is 4.61. The minimum Gasteiger partial charge on any atom is -0.395 e. The zero-order chi connectivity index (χ0) is 11.1. The van der Waals surface area contributed by atoms with Gasteiger partial charge in [0, 0.05) is 19.7 Å². The van der Waals surface area contributed by atoms with Gasteiger partial charge in [0.1, 0.15) is 0 Å². The van der Waals surface area contributed by atoms with Gasteiger partial charge in [-0.2, -0.15) is 0 Å². The number of aliphatic hydroxyl groups is 1. The van der Waals surface area contributed by atoms with E-state index < -0.39 is 0 Å². The molecule has 0 saturated carbocycles. The van der Waals surface area contributed by atoms with Crippen molar-refractivity contribution in [2.24, 2.45) is 0 Å². The van der Waals surface area contributed by atoms with Gasteiger partial charge in [-0.1, -0.05) is 19.8 Å². The summed E-state index contributed by atoms with van der Waals surface area (Å²) in [6, 6.07) is 0.379. The summed E-state index contributed by atoms with van der Waals surface area (Å²) in [5.41, 5.74) is 0. The van der Waals surface area contributed by atoms with Gasteiger partial charge in [-0.25, -0.2) is 0 Å². The molecule has 3 heteroatoms. The first-order chi connectivity index (χ1) is 7.31. The van der Waals surface area contributed by atoms with E-state index in [9.17, 15) is 5.11 Å². The van der Waals surface area contributed by atoms with E-state index in [-0.39, 0.29) is 0 Å². The van der Waals surface area contributed by atoms with Crippen molar-refractivity contribution >= 4 is 0 Å². The molecule has 1 rings (SSSR count). The summed E-state index contributed by atoms with van der Waals surface area (Å²) < 4.78 is 5.48. The van der Waals surface area contributed by atoms with Crippen molar-refractivity contribution in [1.29, 1.82) is 0 Å². The molecule has 90 valence electrons. The molecule has 2 atom stereocenters. The minimum absolute atomic E-state index is 0.296. The monoisotopic (exact) mass is 215 g/mol. The maximum atomic E-state index is 9.22. The number of rotatable bonds is 7. The van der Waals surface area contributed by atoms with Gasteiger partial charge >= 0.3 is 0 Å². The van der Waals surface area contributed by atoms with E-state index in [1.807, 2.05) is 0 Å². The molecule has 0 aliphatic carbocycles. The number of hydrogen-bond donors (Lipinski definition) is 1. The van der Waals surface area contributed by atoms with E-state index in [0.717, 1.165) is 25.9 Å². The lowest BCUT2D eigenvalue weighted by Crippen LogP contribution is -2.38. The Labute approximate surface area is 93.4 Å². The van der Waals surface area contributed by atoms with Crippen LogP contribution in [0, 0.1) is 0 Å². The molecule has 1 unspecified atom stereocenters. The van der Waals surface area contributed by atoms with Crippen LogP contribution in [0.5, 0.6) is 0 Å². The molecule has 0 aromatic rings. The SMILES string of the molecule is CCCCC(CN1CCC[C@H]1CO)OC. The van der Waals surface area contributed by atoms with Crippen molar-refractivity contribution in [2.45, 2.75) is 51.2 Å². The molecular weight excluding hydrogens is 190 g/mol. The van der Waals surface area contributed by atoms with Crippen molar-refractivity contribution in [3.63, 3.8) is 0 Å². The van der Waals surface area contributed by atoms with Crippen LogP contribution in [0.3, 0.4) is 0 Å². The third-order valence-corrected chi connectivity index (χ3v) is 3.36. The van der Waals surface area contributed by atoms with E-state index in [1.54, 1.807) is 7.11 Å². The number of nitrogens with zero attached hydrogens (tertiary/aromatic N) is 1. The molecule has 0 amide bonds. The molecule has 3 nitrogen and oxygen atoms in total. The van der Waals surface area contributed by atoms with E-state index in [4.69, 9.17) is 4.74 Å². The predicted molar refractivity (Wildman–Crippen MR) is 62.0 cm³/mol. The number of ether oxygens (including phenoxy) is 1. The standard InChI is InChI=1S/C12H25NO2/c1-3-4-7-12(15-2)9-13-8-5-6-11(13)10-14/h11-12,14H,3-10H2,1-2H3/t11-,12?/m0/s1. The second kappa shape index (κ2) is 7.20. The lowest BCUT2D eigenvalue weighted by atomic mass is 10.1. The smallest absolute Gasteiger partial charge is 0.0698 e. The number of aliphatic hydroxyl groups excluding tert-OH is 1.